The third-order valence-electron chi connectivity index (χ3n) is 4.82. The maximum absolute atomic E-state index is 6.34. The van der Waals surface area contributed by atoms with Crippen molar-refractivity contribution in [1.82, 2.24) is 14.5 Å². The molecule has 0 saturated heterocycles. The van der Waals surface area contributed by atoms with Gasteiger partial charge in [-0.2, -0.15) is 0 Å². The lowest BCUT2D eigenvalue weighted by Crippen LogP contribution is -2.31. The molecule has 0 aliphatic carbocycles. The Morgan fingerprint density at radius 1 is 1.16 bits per heavy atom. The molecule has 0 N–H and O–H groups in total. The fourth-order valence-electron chi connectivity index (χ4n) is 3.35. The van der Waals surface area contributed by atoms with Gasteiger partial charge in [-0.15, -0.1) is 0 Å². The highest BCUT2D eigenvalue weighted by Crippen LogP contribution is 2.33. The van der Waals surface area contributed by atoms with E-state index in [1.165, 1.54) is 11.1 Å². The minimum atomic E-state index is 0.620. The summed E-state index contributed by atoms with van der Waals surface area (Å²) in [7, 11) is 3.36. The molecular formula is C19H26ClN3O2. The summed E-state index contributed by atoms with van der Waals surface area (Å²) in [6.07, 6.45) is 5.16. The zero-order chi connectivity index (χ0) is 17.8. The number of benzene rings is 1. The summed E-state index contributed by atoms with van der Waals surface area (Å²) in [6, 6.07) is 4.19. The van der Waals surface area contributed by atoms with Crippen LogP contribution in [0.4, 0.5) is 0 Å². The third-order valence-corrected chi connectivity index (χ3v) is 5.13. The van der Waals surface area contributed by atoms with E-state index in [1.807, 2.05) is 6.33 Å². The van der Waals surface area contributed by atoms with Crippen LogP contribution in [0.5, 0.6) is 11.5 Å². The highest BCUT2D eigenvalue weighted by Gasteiger charge is 2.21. The second-order valence-corrected chi connectivity index (χ2v) is 6.82. The van der Waals surface area contributed by atoms with Crippen molar-refractivity contribution in [1.29, 1.82) is 0 Å². The smallest absolute Gasteiger partial charge is 0.161 e. The van der Waals surface area contributed by atoms with Crippen molar-refractivity contribution < 1.29 is 9.47 Å². The molecule has 5 nitrogen and oxygen atoms in total. The molecule has 0 amide bonds. The number of halogens is 1. The molecule has 0 fully saturated rings. The van der Waals surface area contributed by atoms with Gasteiger partial charge in [0.25, 0.3) is 0 Å². The first-order valence-corrected chi connectivity index (χ1v) is 9.19. The van der Waals surface area contributed by atoms with E-state index in [9.17, 15) is 0 Å². The van der Waals surface area contributed by atoms with Gasteiger partial charge in [0.2, 0.25) is 0 Å². The number of imidazole rings is 1. The molecule has 6 heteroatoms. The molecule has 2 heterocycles. The van der Waals surface area contributed by atoms with Crippen LogP contribution in [0.2, 0.25) is 5.15 Å². The summed E-state index contributed by atoms with van der Waals surface area (Å²) < 4.78 is 13.1. The monoisotopic (exact) mass is 363 g/mol. The van der Waals surface area contributed by atoms with Crippen LogP contribution < -0.4 is 9.47 Å². The molecule has 1 aromatic heterocycles. The van der Waals surface area contributed by atoms with Crippen molar-refractivity contribution in [3.8, 4) is 11.5 Å². The minimum Gasteiger partial charge on any atom is -0.493 e. The number of methoxy groups -OCH3 is 2. The van der Waals surface area contributed by atoms with Gasteiger partial charge in [-0.05, 0) is 36.1 Å². The lowest BCUT2D eigenvalue weighted by molar-refractivity contribution is 0.237. The van der Waals surface area contributed by atoms with Crippen molar-refractivity contribution >= 4 is 11.6 Å². The van der Waals surface area contributed by atoms with Gasteiger partial charge in [-0.1, -0.05) is 24.9 Å². The van der Waals surface area contributed by atoms with Gasteiger partial charge in [0.15, 0.2) is 16.7 Å². The van der Waals surface area contributed by atoms with E-state index in [2.05, 4.69) is 33.5 Å². The number of fused-ring (bicyclic) bond motifs is 1. The molecule has 1 aromatic carbocycles. The predicted molar refractivity (Wildman–Crippen MR) is 99.5 cm³/mol. The number of hydrogen-bond acceptors (Lipinski definition) is 4. The predicted octanol–water partition coefficient (Wildman–Crippen LogP) is 3.91. The molecule has 0 saturated carbocycles. The van der Waals surface area contributed by atoms with E-state index < -0.39 is 0 Å². The molecule has 1 aliphatic rings. The van der Waals surface area contributed by atoms with E-state index in [1.54, 1.807) is 14.2 Å². The number of unbranched alkanes of at least 4 members (excludes halogenated alkanes) is 1. The van der Waals surface area contributed by atoms with E-state index >= 15 is 0 Å². The van der Waals surface area contributed by atoms with Gasteiger partial charge in [0.05, 0.1) is 26.2 Å². The third kappa shape index (κ3) is 3.93. The van der Waals surface area contributed by atoms with Crippen molar-refractivity contribution in [2.24, 2.45) is 0 Å². The summed E-state index contributed by atoms with van der Waals surface area (Å²) >= 11 is 6.34. The van der Waals surface area contributed by atoms with Crippen LogP contribution in [-0.2, 0) is 26.1 Å². The Balaban J connectivity index is 1.76. The standard InChI is InChI=1S/C19H26ClN3O2/c1-4-5-7-23-13-21-19(20)16(23)12-22-8-6-14-9-17(24-2)18(25-3)10-15(14)11-22/h9-10,13H,4-8,11-12H2,1-3H3. The van der Waals surface area contributed by atoms with E-state index in [4.69, 9.17) is 21.1 Å². The lowest BCUT2D eigenvalue weighted by atomic mass is 9.98. The van der Waals surface area contributed by atoms with Gasteiger partial charge in [0, 0.05) is 26.2 Å². The quantitative estimate of drug-likeness (QED) is 0.747. The number of aromatic nitrogens is 2. The minimum absolute atomic E-state index is 0.620. The van der Waals surface area contributed by atoms with Crippen LogP contribution in [0.3, 0.4) is 0 Å². The van der Waals surface area contributed by atoms with Crippen LogP contribution in [0, 0.1) is 0 Å². The molecule has 2 aromatic rings. The van der Waals surface area contributed by atoms with E-state index in [-0.39, 0.29) is 0 Å². The zero-order valence-corrected chi connectivity index (χ0v) is 16.0. The summed E-state index contributed by atoms with van der Waals surface area (Å²) in [5.74, 6) is 1.59. The average Bonchev–Trinajstić information content (AvgIpc) is 2.98. The molecule has 25 heavy (non-hydrogen) atoms. The van der Waals surface area contributed by atoms with E-state index in [0.29, 0.717) is 5.15 Å². The molecular weight excluding hydrogens is 338 g/mol. The van der Waals surface area contributed by atoms with Crippen LogP contribution in [0.1, 0.15) is 36.6 Å². The van der Waals surface area contributed by atoms with Crippen molar-refractivity contribution in [3.05, 3.63) is 40.4 Å². The molecule has 3 rings (SSSR count). The Hall–Kier alpha value is -1.72. The largest absolute Gasteiger partial charge is 0.493 e. The summed E-state index contributed by atoms with van der Waals surface area (Å²) in [5.41, 5.74) is 3.73. The Morgan fingerprint density at radius 2 is 1.88 bits per heavy atom. The van der Waals surface area contributed by atoms with Crippen molar-refractivity contribution in [2.75, 3.05) is 20.8 Å². The number of nitrogens with zero attached hydrogens (tertiary/aromatic N) is 3. The fourth-order valence-corrected chi connectivity index (χ4v) is 3.56. The summed E-state index contributed by atoms with van der Waals surface area (Å²) in [6.45, 7) is 5.86. The summed E-state index contributed by atoms with van der Waals surface area (Å²) in [5, 5.41) is 0.620. The molecule has 0 radical (unpaired) electrons. The molecule has 136 valence electrons. The van der Waals surface area contributed by atoms with Crippen LogP contribution in [-0.4, -0.2) is 35.2 Å². The van der Waals surface area contributed by atoms with Crippen LogP contribution >= 0.6 is 11.6 Å². The maximum atomic E-state index is 6.34. The topological polar surface area (TPSA) is 39.5 Å². The van der Waals surface area contributed by atoms with Crippen LogP contribution in [0.25, 0.3) is 0 Å². The fraction of sp³-hybridized carbons (Fsp3) is 0.526. The first-order chi connectivity index (χ1) is 12.2. The zero-order valence-electron chi connectivity index (χ0n) is 15.2. The average molecular weight is 364 g/mol. The van der Waals surface area contributed by atoms with Gasteiger partial charge >= 0.3 is 0 Å². The van der Waals surface area contributed by atoms with Gasteiger partial charge in [-0.25, -0.2) is 4.98 Å². The van der Waals surface area contributed by atoms with Gasteiger partial charge in [-0.3, -0.25) is 4.90 Å². The Kier molecular flexibility index (Phi) is 5.86. The van der Waals surface area contributed by atoms with Crippen LogP contribution in [0.15, 0.2) is 18.5 Å². The molecule has 0 unspecified atom stereocenters. The molecule has 0 atom stereocenters. The van der Waals surface area contributed by atoms with Crippen molar-refractivity contribution in [3.63, 3.8) is 0 Å². The lowest BCUT2D eigenvalue weighted by Gasteiger charge is -2.29. The highest BCUT2D eigenvalue weighted by molar-refractivity contribution is 6.30. The van der Waals surface area contributed by atoms with Gasteiger partial charge in [0.1, 0.15) is 0 Å². The number of aryl methyl sites for hydroxylation is 1. The molecule has 0 bridgehead atoms. The molecule has 0 spiro atoms. The number of ether oxygens (including phenoxy) is 2. The maximum Gasteiger partial charge on any atom is 0.161 e. The Labute approximate surface area is 154 Å². The summed E-state index contributed by atoms with van der Waals surface area (Å²) in [4.78, 5) is 6.71. The SMILES string of the molecule is CCCCn1cnc(Cl)c1CN1CCc2cc(OC)c(OC)cc2C1. The Morgan fingerprint density at radius 3 is 2.56 bits per heavy atom. The highest BCUT2D eigenvalue weighted by atomic mass is 35.5. The molecule has 1 aliphatic heterocycles. The Bertz CT molecular complexity index is 730. The number of rotatable bonds is 7. The second-order valence-electron chi connectivity index (χ2n) is 6.47. The first kappa shape index (κ1) is 18.1. The normalized spacial score (nSPS) is 14.4. The number of hydrogen-bond donors (Lipinski definition) is 0. The van der Waals surface area contributed by atoms with E-state index in [0.717, 1.165) is 62.6 Å². The van der Waals surface area contributed by atoms with Crippen molar-refractivity contribution in [2.45, 2.75) is 45.8 Å². The van der Waals surface area contributed by atoms with Gasteiger partial charge < -0.3 is 14.0 Å². The first-order valence-electron chi connectivity index (χ1n) is 8.81. The second kappa shape index (κ2) is 8.11.